The Morgan fingerprint density at radius 1 is 1.18 bits per heavy atom. The first-order valence-corrected chi connectivity index (χ1v) is 11.2. The Kier molecular flexibility index (Phi) is 7.09. The van der Waals surface area contributed by atoms with Gasteiger partial charge in [0.15, 0.2) is 5.69 Å². The maximum absolute atomic E-state index is 13.0. The van der Waals surface area contributed by atoms with Crippen LogP contribution in [0.4, 0.5) is 5.69 Å². The average molecular weight is 455 g/mol. The average Bonchev–Trinajstić information content (AvgIpc) is 3.19. The number of carbonyl (C=O) groups excluding carboxylic acids is 3. The van der Waals surface area contributed by atoms with E-state index in [1.165, 1.54) is 15.6 Å². The van der Waals surface area contributed by atoms with Crippen LogP contribution in [0, 0.1) is 5.92 Å². The number of likely N-dealkylation sites (N-methyl/N-ethyl adjacent to an activating group) is 1. The Balaban J connectivity index is 1.69. The van der Waals surface area contributed by atoms with Crippen LogP contribution in [-0.4, -0.2) is 65.6 Å². The van der Waals surface area contributed by atoms with Gasteiger partial charge >= 0.3 is 0 Å². The molecule has 9 nitrogen and oxygen atoms in total. The Hall–Kier alpha value is -3.36. The first-order chi connectivity index (χ1) is 15.5. The highest BCUT2D eigenvalue weighted by Gasteiger charge is 2.46. The molecule has 3 amide bonds. The van der Waals surface area contributed by atoms with E-state index in [9.17, 15) is 14.4 Å². The topological polar surface area (TPSA) is 99.6 Å². The Morgan fingerprint density at radius 3 is 2.45 bits per heavy atom. The number of rotatable bonds is 8. The first-order valence-electron chi connectivity index (χ1n) is 11.2. The smallest absolute Gasteiger partial charge is 0.272 e. The van der Waals surface area contributed by atoms with E-state index in [1.807, 2.05) is 43.3 Å². The van der Waals surface area contributed by atoms with Crippen molar-refractivity contribution in [1.29, 1.82) is 0 Å². The molecular formula is C24H34N6O3. The number of nitrogens with zero attached hydrogens (tertiary/aromatic N) is 4. The summed E-state index contributed by atoms with van der Waals surface area (Å²) >= 11 is 0. The zero-order valence-electron chi connectivity index (χ0n) is 20.3. The zero-order chi connectivity index (χ0) is 24.3. The van der Waals surface area contributed by atoms with Crippen molar-refractivity contribution >= 4 is 23.4 Å². The molecule has 1 aliphatic heterocycles. The largest absolute Gasteiger partial charge is 0.378 e. The van der Waals surface area contributed by atoms with Crippen molar-refractivity contribution in [2.75, 3.05) is 32.6 Å². The lowest BCUT2D eigenvalue weighted by molar-refractivity contribution is -0.132. The fourth-order valence-corrected chi connectivity index (χ4v) is 3.69. The molecule has 0 spiro atoms. The van der Waals surface area contributed by atoms with Crippen LogP contribution >= 0.6 is 0 Å². The van der Waals surface area contributed by atoms with Crippen molar-refractivity contribution < 1.29 is 14.4 Å². The predicted octanol–water partition coefficient (Wildman–Crippen LogP) is 1.89. The van der Waals surface area contributed by atoms with Gasteiger partial charge in [0.2, 0.25) is 5.91 Å². The van der Waals surface area contributed by atoms with E-state index in [0.29, 0.717) is 24.7 Å². The molecule has 2 heterocycles. The van der Waals surface area contributed by atoms with E-state index in [4.69, 9.17) is 0 Å². The third-order valence-electron chi connectivity index (χ3n) is 6.14. The minimum atomic E-state index is -1.09. The molecule has 1 aromatic carbocycles. The number of amides is 3. The molecule has 178 valence electrons. The molecule has 1 aliphatic rings. The standard InChI is InChI=1S/C24H34N6O3/c1-16(2)11-12-25-23(33)24(3)15-30-20(22(32)29(24)6)13-19(27-30)21(31)26-14-17-7-9-18(10-8-17)28(4)5/h7-10,13,16H,11-12,14-15H2,1-6H3,(H,25,33)(H,26,31)/t24-/m1/s1. The number of anilines is 1. The second kappa shape index (κ2) is 9.64. The minimum absolute atomic E-state index is 0.154. The van der Waals surface area contributed by atoms with Gasteiger partial charge in [-0.3, -0.25) is 19.1 Å². The van der Waals surface area contributed by atoms with Crippen LogP contribution < -0.4 is 15.5 Å². The van der Waals surface area contributed by atoms with Gasteiger partial charge in [-0.2, -0.15) is 5.10 Å². The molecule has 3 rings (SSSR count). The molecule has 0 bridgehead atoms. The van der Waals surface area contributed by atoms with Gasteiger partial charge in [0.1, 0.15) is 11.2 Å². The number of fused-ring (bicyclic) bond motifs is 1. The summed E-state index contributed by atoms with van der Waals surface area (Å²) in [5.74, 6) is -0.471. The molecule has 0 unspecified atom stereocenters. The molecule has 0 fully saturated rings. The lowest BCUT2D eigenvalue weighted by atomic mass is 9.95. The van der Waals surface area contributed by atoms with Gasteiger partial charge in [-0.25, -0.2) is 0 Å². The molecular weight excluding hydrogens is 420 g/mol. The van der Waals surface area contributed by atoms with Crippen LogP contribution in [0.5, 0.6) is 0 Å². The van der Waals surface area contributed by atoms with Crippen molar-refractivity contribution in [2.24, 2.45) is 5.92 Å². The quantitative estimate of drug-likeness (QED) is 0.635. The van der Waals surface area contributed by atoms with E-state index >= 15 is 0 Å². The van der Waals surface area contributed by atoms with Crippen molar-refractivity contribution in [3.63, 3.8) is 0 Å². The van der Waals surface area contributed by atoms with Crippen molar-refractivity contribution in [3.05, 3.63) is 47.3 Å². The number of nitrogens with one attached hydrogen (secondary N) is 2. The zero-order valence-corrected chi connectivity index (χ0v) is 20.3. The van der Waals surface area contributed by atoms with Crippen LogP contribution in [-0.2, 0) is 17.9 Å². The molecule has 33 heavy (non-hydrogen) atoms. The molecule has 0 radical (unpaired) electrons. The molecule has 2 aromatic rings. The van der Waals surface area contributed by atoms with Gasteiger partial charge in [-0.15, -0.1) is 0 Å². The van der Waals surface area contributed by atoms with Crippen LogP contribution in [0.15, 0.2) is 30.3 Å². The SMILES string of the molecule is CC(C)CCNC(=O)[C@@]1(C)Cn2nc(C(=O)NCc3ccc(N(C)C)cc3)cc2C(=O)N1C. The number of aromatic nitrogens is 2. The lowest BCUT2D eigenvalue weighted by Crippen LogP contribution is -2.62. The summed E-state index contributed by atoms with van der Waals surface area (Å²) in [4.78, 5) is 42.0. The summed E-state index contributed by atoms with van der Waals surface area (Å²) in [5, 5.41) is 10.1. The lowest BCUT2D eigenvalue weighted by Gasteiger charge is -2.40. The molecule has 0 saturated heterocycles. The fourth-order valence-electron chi connectivity index (χ4n) is 3.69. The van der Waals surface area contributed by atoms with Gasteiger partial charge in [-0.1, -0.05) is 26.0 Å². The summed E-state index contributed by atoms with van der Waals surface area (Å²) in [6, 6.07) is 9.36. The van der Waals surface area contributed by atoms with E-state index in [0.717, 1.165) is 17.7 Å². The third-order valence-corrected chi connectivity index (χ3v) is 6.14. The third kappa shape index (κ3) is 5.18. The summed E-state index contributed by atoms with van der Waals surface area (Å²) in [5.41, 5.74) is 1.39. The van der Waals surface area contributed by atoms with Crippen molar-refractivity contribution in [2.45, 2.75) is 45.8 Å². The highest BCUT2D eigenvalue weighted by atomic mass is 16.2. The molecule has 1 aromatic heterocycles. The molecule has 0 saturated carbocycles. The van der Waals surface area contributed by atoms with Crippen molar-refractivity contribution in [1.82, 2.24) is 25.3 Å². The van der Waals surface area contributed by atoms with Crippen LogP contribution in [0.25, 0.3) is 0 Å². The summed E-state index contributed by atoms with van der Waals surface area (Å²) in [7, 11) is 5.55. The van der Waals surface area contributed by atoms with Crippen LogP contribution in [0.2, 0.25) is 0 Å². The minimum Gasteiger partial charge on any atom is -0.378 e. The second-order valence-corrected chi connectivity index (χ2v) is 9.39. The number of hydrogen-bond donors (Lipinski definition) is 2. The Labute approximate surface area is 195 Å². The Morgan fingerprint density at radius 2 is 1.85 bits per heavy atom. The van der Waals surface area contributed by atoms with E-state index in [2.05, 4.69) is 29.6 Å². The van der Waals surface area contributed by atoms with Gasteiger partial charge in [0.05, 0.1) is 6.54 Å². The normalized spacial score (nSPS) is 17.7. The number of benzene rings is 1. The maximum atomic E-state index is 13.0. The van der Waals surface area contributed by atoms with Gasteiger partial charge in [0, 0.05) is 46.0 Å². The molecule has 9 heteroatoms. The molecule has 2 N–H and O–H groups in total. The highest BCUT2D eigenvalue weighted by molar-refractivity contribution is 6.01. The summed E-state index contributed by atoms with van der Waals surface area (Å²) in [6.07, 6.45) is 0.856. The van der Waals surface area contributed by atoms with Crippen LogP contribution in [0.3, 0.4) is 0 Å². The number of hydrogen-bond acceptors (Lipinski definition) is 5. The fraction of sp³-hybridized carbons (Fsp3) is 0.500. The first kappa shape index (κ1) is 24.3. The predicted molar refractivity (Wildman–Crippen MR) is 127 cm³/mol. The summed E-state index contributed by atoms with van der Waals surface area (Å²) < 4.78 is 1.46. The monoisotopic (exact) mass is 454 g/mol. The van der Waals surface area contributed by atoms with E-state index in [-0.39, 0.29) is 30.0 Å². The second-order valence-electron chi connectivity index (χ2n) is 9.39. The Bertz CT molecular complexity index is 1030. The maximum Gasteiger partial charge on any atom is 0.272 e. The highest BCUT2D eigenvalue weighted by Crippen LogP contribution is 2.26. The molecule has 1 atom stereocenters. The van der Waals surface area contributed by atoms with Gasteiger partial charge < -0.3 is 20.4 Å². The molecule has 0 aliphatic carbocycles. The van der Waals surface area contributed by atoms with Gasteiger partial charge in [-0.05, 0) is 37.0 Å². The summed E-state index contributed by atoms with van der Waals surface area (Å²) in [6.45, 7) is 6.97. The van der Waals surface area contributed by atoms with Crippen LogP contribution in [0.1, 0.15) is 53.7 Å². The number of carbonyl (C=O) groups is 3. The van der Waals surface area contributed by atoms with E-state index < -0.39 is 5.54 Å². The van der Waals surface area contributed by atoms with Gasteiger partial charge in [0.25, 0.3) is 11.8 Å². The van der Waals surface area contributed by atoms with Crippen molar-refractivity contribution in [3.8, 4) is 0 Å². The van der Waals surface area contributed by atoms with E-state index in [1.54, 1.807) is 14.0 Å².